The Hall–Kier alpha value is -0.130. The van der Waals surface area contributed by atoms with Crippen LogP contribution >= 0.6 is 26.6 Å². The zero-order valence-corrected chi connectivity index (χ0v) is 9.03. The van der Waals surface area contributed by atoms with E-state index in [4.69, 9.17) is 10.7 Å². The topological polar surface area (TPSA) is 47.0 Å². The Bertz CT molecular complexity index is 379. The third-order valence-corrected chi connectivity index (χ3v) is 2.88. The van der Waals surface area contributed by atoms with Crippen molar-refractivity contribution >= 4 is 35.7 Å². The van der Waals surface area contributed by atoms with Gasteiger partial charge in [0.25, 0.3) is 0 Å². The Kier molecular flexibility index (Phi) is 3.09. The SMILES string of the molecule is O=S(=O)(Cl)Cc1ccncc1Br. The quantitative estimate of drug-likeness (QED) is 0.771. The van der Waals surface area contributed by atoms with E-state index in [1.165, 1.54) is 12.4 Å². The average molecular weight is 271 g/mol. The first-order valence-corrected chi connectivity index (χ1v) is 6.27. The first-order chi connectivity index (χ1) is 5.49. The molecule has 0 amide bonds. The van der Waals surface area contributed by atoms with Crippen molar-refractivity contribution in [3.05, 3.63) is 28.5 Å². The lowest BCUT2D eigenvalue weighted by Gasteiger charge is -1.98. The van der Waals surface area contributed by atoms with Crippen LogP contribution in [0.4, 0.5) is 0 Å². The molecule has 1 rings (SSSR count). The maximum absolute atomic E-state index is 10.7. The van der Waals surface area contributed by atoms with Crippen molar-refractivity contribution in [1.82, 2.24) is 4.98 Å². The lowest BCUT2D eigenvalue weighted by molar-refractivity contribution is 0.609. The van der Waals surface area contributed by atoms with Gasteiger partial charge < -0.3 is 0 Å². The van der Waals surface area contributed by atoms with E-state index in [1.54, 1.807) is 6.07 Å². The van der Waals surface area contributed by atoms with Gasteiger partial charge in [0.05, 0.1) is 5.75 Å². The minimum absolute atomic E-state index is 0.183. The second-order valence-corrected chi connectivity index (χ2v) is 5.78. The van der Waals surface area contributed by atoms with Crippen LogP contribution in [0.5, 0.6) is 0 Å². The molecule has 0 atom stereocenters. The molecule has 0 aliphatic carbocycles. The number of rotatable bonds is 2. The molecule has 12 heavy (non-hydrogen) atoms. The minimum Gasteiger partial charge on any atom is -0.264 e. The van der Waals surface area contributed by atoms with Crippen molar-refractivity contribution in [2.45, 2.75) is 5.75 Å². The molecule has 0 fully saturated rings. The standard InChI is InChI=1S/C6H5BrClNO2S/c7-6-3-9-2-1-5(6)4-12(8,10)11/h1-3H,4H2. The monoisotopic (exact) mass is 269 g/mol. The lowest BCUT2D eigenvalue weighted by atomic mass is 10.3. The maximum atomic E-state index is 10.7. The number of halogens is 2. The Morgan fingerprint density at radius 3 is 2.75 bits per heavy atom. The molecule has 66 valence electrons. The summed E-state index contributed by atoms with van der Waals surface area (Å²) in [7, 11) is 1.59. The summed E-state index contributed by atoms with van der Waals surface area (Å²) in [5.41, 5.74) is 0.611. The Morgan fingerprint density at radius 2 is 2.25 bits per heavy atom. The zero-order valence-electron chi connectivity index (χ0n) is 5.87. The molecule has 6 heteroatoms. The van der Waals surface area contributed by atoms with Crippen molar-refractivity contribution < 1.29 is 8.42 Å². The number of hydrogen-bond acceptors (Lipinski definition) is 3. The van der Waals surface area contributed by atoms with Gasteiger partial charge in [-0.3, -0.25) is 4.98 Å². The predicted molar refractivity (Wildman–Crippen MR) is 50.4 cm³/mol. The second kappa shape index (κ2) is 3.72. The molecule has 0 aliphatic rings. The molecule has 1 aromatic rings. The summed E-state index contributed by atoms with van der Waals surface area (Å²) < 4.78 is 22.0. The maximum Gasteiger partial charge on any atom is 0.236 e. The van der Waals surface area contributed by atoms with Crippen LogP contribution in [0.1, 0.15) is 5.56 Å². The molecular weight excluding hydrogens is 265 g/mol. The van der Waals surface area contributed by atoms with Gasteiger partial charge in [-0.05, 0) is 27.6 Å². The number of hydrogen-bond donors (Lipinski definition) is 0. The fraction of sp³-hybridized carbons (Fsp3) is 0.167. The van der Waals surface area contributed by atoms with Gasteiger partial charge in [-0.1, -0.05) is 0 Å². The molecule has 0 aliphatic heterocycles. The predicted octanol–water partition coefficient (Wildman–Crippen LogP) is 1.91. The van der Waals surface area contributed by atoms with E-state index in [2.05, 4.69) is 20.9 Å². The van der Waals surface area contributed by atoms with E-state index in [-0.39, 0.29) is 5.75 Å². The molecule has 3 nitrogen and oxygen atoms in total. The van der Waals surface area contributed by atoms with Crippen molar-refractivity contribution in [3.63, 3.8) is 0 Å². The second-order valence-electron chi connectivity index (χ2n) is 2.15. The van der Waals surface area contributed by atoms with Gasteiger partial charge in [-0.2, -0.15) is 0 Å². The van der Waals surface area contributed by atoms with Gasteiger partial charge >= 0.3 is 0 Å². The molecule has 0 saturated heterocycles. The van der Waals surface area contributed by atoms with Crippen molar-refractivity contribution in [3.8, 4) is 0 Å². The first-order valence-electron chi connectivity index (χ1n) is 3.00. The van der Waals surface area contributed by atoms with Crippen LogP contribution in [-0.2, 0) is 14.8 Å². The third kappa shape index (κ3) is 3.08. The average Bonchev–Trinajstić information content (AvgIpc) is 1.91. The van der Waals surface area contributed by atoms with Crippen LogP contribution in [0.15, 0.2) is 22.9 Å². The summed E-state index contributed by atoms with van der Waals surface area (Å²) >= 11 is 3.16. The molecule has 0 radical (unpaired) electrons. The van der Waals surface area contributed by atoms with Gasteiger partial charge in [0.1, 0.15) is 0 Å². The third-order valence-electron chi connectivity index (χ3n) is 1.18. The van der Waals surface area contributed by atoms with E-state index in [0.29, 0.717) is 10.0 Å². The normalized spacial score (nSPS) is 11.5. The molecule has 0 unspecified atom stereocenters. The fourth-order valence-corrected chi connectivity index (χ4v) is 2.26. The van der Waals surface area contributed by atoms with Gasteiger partial charge in [0.2, 0.25) is 9.05 Å². The van der Waals surface area contributed by atoms with Crippen LogP contribution < -0.4 is 0 Å². The molecule has 0 saturated carbocycles. The van der Waals surface area contributed by atoms with E-state index >= 15 is 0 Å². The fourth-order valence-electron chi connectivity index (χ4n) is 0.707. The summed E-state index contributed by atoms with van der Waals surface area (Å²) in [6.45, 7) is 0. The summed E-state index contributed by atoms with van der Waals surface area (Å²) in [6.07, 6.45) is 3.04. The van der Waals surface area contributed by atoms with Gasteiger partial charge in [0.15, 0.2) is 0 Å². The van der Waals surface area contributed by atoms with Crippen molar-refractivity contribution in [1.29, 1.82) is 0 Å². The van der Waals surface area contributed by atoms with Gasteiger partial charge in [-0.15, -0.1) is 0 Å². The Balaban J connectivity index is 2.98. The molecular formula is C6H5BrClNO2S. The largest absolute Gasteiger partial charge is 0.264 e. The van der Waals surface area contributed by atoms with E-state index < -0.39 is 9.05 Å². The van der Waals surface area contributed by atoms with Gasteiger partial charge in [-0.25, -0.2) is 8.42 Å². The van der Waals surface area contributed by atoms with Crippen LogP contribution in [-0.4, -0.2) is 13.4 Å². The van der Waals surface area contributed by atoms with Crippen LogP contribution in [0, 0.1) is 0 Å². The van der Waals surface area contributed by atoms with E-state index in [0.717, 1.165) is 0 Å². The Labute approximate surface area is 83.3 Å². The van der Waals surface area contributed by atoms with Crippen molar-refractivity contribution in [2.24, 2.45) is 0 Å². The Morgan fingerprint density at radius 1 is 1.58 bits per heavy atom. The summed E-state index contributed by atoms with van der Waals surface area (Å²) in [4.78, 5) is 3.79. The van der Waals surface area contributed by atoms with Crippen LogP contribution in [0.25, 0.3) is 0 Å². The molecule has 1 heterocycles. The summed E-state index contributed by atoms with van der Waals surface area (Å²) in [6, 6.07) is 1.60. The highest BCUT2D eigenvalue weighted by molar-refractivity contribution is 9.10. The zero-order chi connectivity index (χ0) is 9.19. The highest BCUT2D eigenvalue weighted by atomic mass is 79.9. The molecule has 0 N–H and O–H groups in total. The number of aromatic nitrogens is 1. The molecule has 0 aromatic carbocycles. The minimum atomic E-state index is -3.49. The van der Waals surface area contributed by atoms with Gasteiger partial charge in [0, 0.05) is 27.5 Å². The molecule has 0 spiro atoms. The van der Waals surface area contributed by atoms with Crippen LogP contribution in [0.2, 0.25) is 0 Å². The highest BCUT2D eigenvalue weighted by Gasteiger charge is 2.09. The lowest BCUT2D eigenvalue weighted by Crippen LogP contribution is -1.96. The molecule has 1 aromatic heterocycles. The van der Waals surface area contributed by atoms with E-state index in [9.17, 15) is 8.42 Å². The van der Waals surface area contributed by atoms with Crippen molar-refractivity contribution in [2.75, 3.05) is 0 Å². The molecule has 0 bridgehead atoms. The first kappa shape index (κ1) is 9.95. The number of pyridine rings is 1. The van der Waals surface area contributed by atoms with E-state index in [1.807, 2.05) is 0 Å². The number of nitrogens with zero attached hydrogens (tertiary/aromatic N) is 1. The smallest absolute Gasteiger partial charge is 0.236 e. The van der Waals surface area contributed by atoms with Crippen LogP contribution in [0.3, 0.4) is 0 Å². The highest BCUT2D eigenvalue weighted by Crippen LogP contribution is 2.18. The summed E-state index contributed by atoms with van der Waals surface area (Å²) in [5, 5.41) is 0. The summed E-state index contributed by atoms with van der Waals surface area (Å²) in [5.74, 6) is -0.183.